The fourth-order valence-corrected chi connectivity index (χ4v) is 2.00. The van der Waals surface area contributed by atoms with Crippen LogP contribution in [0.3, 0.4) is 0 Å². The molecule has 0 amide bonds. The first-order valence-corrected chi connectivity index (χ1v) is 4.81. The highest BCUT2D eigenvalue weighted by molar-refractivity contribution is 14.1. The minimum Gasteiger partial charge on any atom is -0.287 e. The van der Waals surface area contributed by atoms with Gasteiger partial charge in [0.2, 0.25) is 5.43 Å². The van der Waals surface area contributed by atoms with Gasteiger partial charge in [0.05, 0.1) is 33.8 Å². The first kappa shape index (κ1) is 8.68. The highest BCUT2D eigenvalue weighted by Crippen LogP contribution is 2.10. The summed E-state index contributed by atoms with van der Waals surface area (Å²) in [6, 6.07) is 7.46. The second-order valence-corrected chi connectivity index (χ2v) is 3.71. The molecule has 0 radical (unpaired) electrons. The maximum absolute atomic E-state index is 11.6. The highest BCUT2D eigenvalue weighted by Gasteiger charge is 2.04. The van der Waals surface area contributed by atoms with Crippen molar-refractivity contribution in [3.05, 3.63) is 40.2 Å². The monoisotopic (exact) mass is 286 g/mol. The standard InChI is InChI=1S/C9H7IN2O/c1-6-9(13)7-4-2-3-5-8(7)12(10)11-6/h2-5H,1H3. The topological polar surface area (TPSA) is 34.9 Å². The molecule has 0 unspecified atom stereocenters. The van der Waals surface area contributed by atoms with Gasteiger partial charge in [-0.15, -0.1) is 0 Å². The van der Waals surface area contributed by atoms with E-state index in [-0.39, 0.29) is 5.43 Å². The van der Waals surface area contributed by atoms with E-state index in [4.69, 9.17) is 0 Å². The molecule has 66 valence electrons. The molecule has 3 nitrogen and oxygen atoms in total. The van der Waals surface area contributed by atoms with Crippen LogP contribution in [0.5, 0.6) is 0 Å². The Morgan fingerprint density at radius 1 is 1.38 bits per heavy atom. The number of rotatable bonds is 0. The summed E-state index contributed by atoms with van der Waals surface area (Å²) in [6.45, 7) is 1.73. The van der Waals surface area contributed by atoms with Crippen molar-refractivity contribution < 1.29 is 0 Å². The van der Waals surface area contributed by atoms with E-state index >= 15 is 0 Å². The molecule has 0 aliphatic rings. The average Bonchev–Trinajstić information content (AvgIpc) is 2.15. The second-order valence-electron chi connectivity index (χ2n) is 2.79. The molecule has 0 bridgehead atoms. The smallest absolute Gasteiger partial charge is 0.210 e. The van der Waals surface area contributed by atoms with Crippen molar-refractivity contribution in [2.24, 2.45) is 0 Å². The number of para-hydroxylation sites is 1. The van der Waals surface area contributed by atoms with Gasteiger partial charge in [-0.25, -0.2) is 2.90 Å². The molecule has 2 rings (SSSR count). The molecule has 0 fully saturated rings. The van der Waals surface area contributed by atoms with Crippen molar-refractivity contribution in [1.29, 1.82) is 0 Å². The van der Waals surface area contributed by atoms with E-state index in [1.807, 2.05) is 24.3 Å². The molecule has 0 atom stereocenters. The molecule has 0 aliphatic carbocycles. The third kappa shape index (κ3) is 1.35. The van der Waals surface area contributed by atoms with Crippen LogP contribution in [0.1, 0.15) is 5.69 Å². The number of halogens is 1. The Labute approximate surface area is 88.9 Å². The quantitative estimate of drug-likeness (QED) is 0.693. The summed E-state index contributed by atoms with van der Waals surface area (Å²) >= 11 is 2.07. The molecular weight excluding hydrogens is 279 g/mol. The van der Waals surface area contributed by atoms with Crippen LogP contribution in [0.4, 0.5) is 0 Å². The Balaban J connectivity index is 3.06. The molecule has 4 heteroatoms. The van der Waals surface area contributed by atoms with Gasteiger partial charge in [0.25, 0.3) is 0 Å². The van der Waals surface area contributed by atoms with Crippen molar-refractivity contribution in [2.45, 2.75) is 6.92 Å². The Kier molecular flexibility index (Phi) is 2.07. The number of hydrogen-bond acceptors (Lipinski definition) is 2. The zero-order chi connectivity index (χ0) is 9.42. The molecule has 0 saturated carbocycles. The van der Waals surface area contributed by atoms with Gasteiger partial charge in [0.1, 0.15) is 5.69 Å². The van der Waals surface area contributed by atoms with Crippen LogP contribution < -0.4 is 5.43 Å². The number of fused-ring (bicyclic) bond motifs is 1. The predicted molar refractivity (Wildman–Crippen MR) is 60.2 cm³/mol. The van der Waals surface area contributed by atoms with Crippen molar-refractivity contribution in [3.63, 3.8) is 0 Å². The predicted octanol–water partition coefficient (Wildman–Crippen LogP) is 1.90. The third-order valence-corrected chi connectivity index (χ3v) is 2.65. The molecule has 0 saturated heterocycles. The Morgan fingerprint density at radius 2 is 2.08 bits per heavy atom. The maximum atomic E-state index is 11.6. The Bertz CT molecular complexity index is 518. The van der Waals surface area contributed by atoms with Gasteiger partial charge in [-0.3, -0.25) is 4.79 Å². The molecule has 13 heavy (non-hydrogen) atoms. The zero-order valence-corrected chi connectivity index (χ0v) is 9.15. The lowest BCUT2D eigenvalue weighted by Crippen LogP contribution is -2.11. The summed E-state index contributed by atoms with van der Waals surface area (Å²) in [5.41, 5.74) is 1.41. The zero-order valence-electron chi connectivity index (χ0n) is 6.99. The van der Waals surface area contributed by atoms with Crippen molar-refractivity contribution in [3.8, 4) is 0 Å². The van der Waals surface area contributed by atoms with Crippen LogP contribution in [0.2, 0.25) is 0 Å². The Hall–Kier alpha value is -0.910. The summed E-state index contributed by atoms with van der Waals surface area (Å²) in [5.74, 6) is 0. The number of aromatic nitrogens is 2. The first-order valence-electron chi connectivity index (χ1n) is 3.85. The van der Waals surface area contributed by atoms with Gasteiger partial charge in [-0.1, -0.05) is 12.1 Å². The van der Waals surface area contributed by atoms with Crippen LogP contribution in [-0.2, 0) is 0 Å². The number of aryl methyl sites for hydroxylation is 1. The van der Waals surface area contributed by atoms with Crippen LogP contribution in [0, 0.1) is 6.92 Å². The maximum Gasteiger partial charge on any atom is 0.210 e. The SMILES string of the molecule is Cc1nn(I)c2ccccc2c1=O. The van der Waals surface area contributed by atoms with Crippen LogP contribution >= 0.6 is 22.9 Å². The second kappa shape index (κ2) is 3.10. The largest absolute Gasteiger partial charge is 0.287 e. The van der Waals surface area contributed by atoms with Crippen LogP contribution in [0.25, 0.3) is 10.9 Å². The summed E-state index contributed by atoms with van der Waals surface area (Å²) in [4.78, 5) is 11.6. The molecule has 2 aromatic rings. The van der Waals surface area contributed by atoms with Gasteiger partial charge in [-0.05, 0) is 19.1 Å². The van der Waals surface area contributed by atoms with Crippen molar-refractivity contribution >= 4 is 33.8 Å². The Morgan fingerprint density at radius 3 is 2.85 bits per heavy atom. The minimum absolute atomic E-state index is 0.0171. The summed E-state index contributed by atoms with van der Waals surface area (Å²) in [5, 5.41) is 4.82. The van der Waals surface area contributed by atoms with Crippen molar-refractivity contribution in [2.75, 3.05) is 0 Å². The van der Waals surface area contributed by atoms with E-state index in [0.29, 0.717) is 5.69 Å². The van der Waals surface area contributed by atoms with E-state index in [0.717, 1.165) is 10.9 Å². The molecular formula is C9H7IN2O. The summed E-state index contributed by atoms with van der Waals surface area (Å²) < 4.78 is 1.70. The lowest BCUT2D eigenvalue weighted by atomic mass is 10.2. The molecule has 1 aromatic carbocycles. The molecule has 0 aliphatic heterocycles. The normalized spacial score (nSPS) is 10.6. The van der Waals surface area contributed by atoms with E-state index in [1.54, 1.807) is 9.82 Å². The fourth-order valence-electron chi connectivity index (χ4n) is 1.25. The van der Waals surface area contributed by atoms with E-state index in [2.05, 4.69) is 28.0 Å². The number of hydrogen-bond donors (Lipinski definition) is 0. The van der Waals surface area contributed by atoms with Crippen molar-refractivity contribution in [1.82, 2.24) is 7.99 Å². The molecule has 1 heterocycles. The van der Waals surface area contributed by atoms with Gasteiger partial charge in [-0.2, -0.15) is 5.10 Å². The van der Waals surface area contributed by atoms with Gasteiger partial charge in [0, 0.05) is 0 Å². The van der Waals surface area contributed by atoms with Crippen LogP contribution in [0.15, 0.2) is 29.1 Å². The van der Waals surface area contributed by atoms with Gasteiger partial charge >= 0.3 is 0 Å². The lowest BCUT2D eigenvalue weighted by Gasteiger charge is -2.02. The lowest BCUT2D eigenvalue weighted by molar-refractivity contribution is 0.980. The van der Waals surface area contributed by atoms with Crippen LogP contribution in [-0.4, -0.2) is 7.99 Å². The molecule has 0 N–H and O–H groups in total. The number of benzene rings is 1. The van der Waals surface area contributed by atoms with E-state index in [9.17, 15) is 4.79 Å². The molecule has 0 spiro atoms. The van der Waals surface area contributed by atoms with E-state index < -0.39 is 0 Å². The summed E-state index contributed by atoms with van der Waals surface area (Å²) in [6.07, 6.45) is 0. The summed E-state index contributed by atoms with van der Waals surface area (Å²) in [7, 11) is 0. The third-order valence-electron chi connectivity index (χ3n) is 1.91. The minimum atomic E-state index is 0.0171. The van der Waals surface area contributed by atoms with Gasteiger partial charge < -0.3 is 0 Å². The van der Waals surface area contributed by atoms with Gasteiger partial charge in [0.15, 0.2) is 0 Å². The highest BCUT2D eigenvalue weighted by atomic mass is 127. The number of nitrogens with zero attached hydrogens (tertiary/aromatic N) is 2. The van der Waals surface area contributed by atoms with E-state index in [1.165, 1.54) is 0 Å². The average molecular weight is 286 g/mol. The molecule has 1 aromatic heterocycles. The fraction of sp³-hybridized carbons (Fsp3) is 0.111. The first-order chi connectivity index (χ1) is 6.20.